The Hall–Kier alpha value is -1.65. The molecule has 0 fully saturated rings. The monoisotopic (exact) mass is 213 g/mol. The van der Waals surface area contributed by atoms with E-state index in [0.29, 0.717) is 0 Å². The largest absolute Gasteiger partial charge is 0.481 e. The van der Waals surface area contributed by atoms with Gasteiger partial charge >= 0.3 is 5.97 Å². The van der Waals surface area contributed by atoms with Gasteiger partial charge in [-0.15, -0.1) is 0 Å². The maximum atomic E-state index is 13.2. The lowest BCUT2D eigenvalue weighted by atomic mass is 10.2. The number of carbonyl (C=O) groups is 1. The van der Waals surface area contributed by atoms with Crippen LogP contribution in [0.3, 0.4) is 0 Å². The summed E-state index contributed by atoms with van der Waals surface area (Å²) in [4.78, 5) is 14.9. The van der Waals surface area contributed by atoms with Crippen LogP contribution in [0.4, 0.5) is 4.39 Å². The molecule has 0 atom stereocenters. The Labute approximate surface area is 87.0 Å². The lowest BCUT2D eigenvalue weighted by Gasteiger charge is -2.04. The van der Waals surface area contributed by atoms with Gasteiger partial charge in [-0.05, 0) is 13.0 Å². The van der Waals surface area contributed by atoms with Crippen LogP contribution in [0.25, 0.3) is 0 Å². The quantitative estimate of drug-likeness (QED) is 0.708. The zero-order valence-corrected chi connectivity index (χ0v) is 8.62. The van der Waals surface area contributed by atoms with Crippen molar-refractivity contribution in [2.75, 3.05) is 13.7 Å². The standard InChI is InChI=1S/C10H12FNO3/c1-3-15-10(13)6-8-7(11)4-5-9(12-8)14-2/h4-5H,3,6H2,1-2H3. The van der Waals surface area contributed by atoms with E-state index in [4.69, 9.17) is 4.74 Å². The molecule has 0 saturated heterocycles. The molecule has 5 heteroatoms. The Morgan fingerprint density at radius 1 is 1.53 bits per heavy atom. The third-order valence-electron chi connectivity index (χ3n) is 1.72. The highest BCUT2D eigenvalue weighted by Crippen LogP contribution is 2.12. The number of hydrogen-bond donors (Lipinski definition) is 0. The fraction of sp³-hybridized carbons (Fsp3) is 0.400. The smallest absolute Gasteiger partial charge is 0.311 e. The maximum Gasteiger partial charge on any atom is 0.311 e. The lowest BCUT2D eigenvalue weighted by Crippen LogP contribution is -2.10. The molecule has 0 aliphatic rings. The van der Waals surface area contributed by atoms with Crippen molar-refractivity contribution in [1.82, 2.24) is 4.98 Å². The van der Waals surface area contributed by atoms with Crippen molar-refractivity contribution < 1.29 is 18.7 Å². The average Bonchev–Trinajstić information content (AvgIpc) is 2.21. The number of nitrogens with zero attached hydrogens (tertiary/aromatic N) is 1. The summed E-state index contributed by atoms with van der Waals surface area (Å²) in [5.41, 5.74) is 0.0350. The highest BCUT2D eigenvalue weighted by atomic mass is 19.1. The summed E-state index contributed by atoms with van der Waals surface area (Å²) in [6.07, 6.45) is -0.184. The highest BCUT2D eigenvalue weighted by Gasteiger charge is 2.11. The second-order valence-electron chi connectivity index (χ2n) is 2.76. The molecule has 1 heterocycles. The first-order valence-electron chi connectivity index (χ1n) is 4.52. The highest BCUT2D eigenvalue weighted by molar-refractivity contribution is 5.72. The van der Waals surface area contributed by atoms with Gasteiger partial charge in [-0.3, -0.25) is 4.79 Å². The van der Waals surface area contributed by atoms with Crippen molar-refractivity contribution in [3.8, 4) is 5.88 Å². The molecular formula is C10H12FNO3. The molecule has 4 nitrogen and oxygen atoms in total. The summed E-state index contributed by atoms with van der Waals surface area (Å²) in [6, 6.07) is 2.60. The normalized spacial score (nSPS) is 9.80. The molecule has 0 bridgehead atoms. The number of hydrogen-bond acceptors (Lipinski definition) is 4. The Kier molecular flexibility index (Phi) is 4.03. The Balaban J connectivity index is 2.79. The molecule has 0 aliphatic carbocycles. The van der Waals surface area contributed by atoms with Crippen LogP contribution in [0.5, 0.6) is 5.88 Å². The molecule has 15 heavy (non-hydrogen) atoms. The molecule has 0 N–H and O–H groups in total. The Morgan fingerprint density at radius 2 is 2.27 bits per heavy atom. The summed E-state index contributed by atoms with van der Waals surface area (Å²) in [6.45, 7) is 1.96. The maximum absolute atomic E-state index is 13.2. The molecule has 0 spiro atoms. The van der Waals surface area contributed by atoms with E-state index >= 15 is 0 Å². The molecule has 0 amide bonds. The van der Waals surface area contributed by atoms with Crippen molar-refractivity contribution in [3.63, 3.8) is 0 Å². The van der Waals surface area contributed by atoms with Crippen molar-refractivity contribution in [2.45, 2.75) is 13.3 Å². The summed E-state index contributed by atoms with van der Waals surface area (Å²) < 4.78 is 22.7. The molecule has 0 saturated carbocycles. The number of esters is 1. The van der Waals surface area contributed by atoms with E-state index in [1.54, 1.807) is 6.92 Å². The van der Waals surface area contributed by atoms with Crippen LogP contribution in [0.15, 0.2) is 12.1 Å². The zero-order chi connectivity index (χ0) is 11.3. The predicted molar refractivity (Wildman–Crippen MR) is 51.1 cm³/mol. The number of ether oxygens (including phenoxy) is 2. The number of aromatic nitrogens is 1. The SMILES string of the molecule is CCOC(=O)Cc1nc(OC)ccc1F. The zero-order valence-electron chi connectivity index (χ0n) is 8.62. The van der Waals surface area contributed by atoms with E-state index in [-0.39, 0.29) is 24.6 Å². The Bertz CT molecular complexity index is 355. The van der Waals surface area contributed by atoms with Gasteiger partial charge in [0.05, 0.1) is 25.8 Å². The van der Waals surface area contributed by atoms with Crippen LogP contribution < -0.4 is 4.74 Å². The van der Waals surface area contributed by atoms with Gasteiger partial charge in [-0.1, -0.05) is 0 Å². The van der Waals surface area contributed by atoms with Crippen LogP contribution >= 0.6 is 0 Å². The fourth-order valence-corrected chi connectivity index (χ4v) is 1.05. The van der Waals surface area contributed by atoms with Gasteiger partial charge in [-0.25, -0.2) is 9.37 Å². The van der Waals surface area contributed by atoms with Crippen LogP contribution in [-0.4, -0.2) is 24.7 Å². The Morgan fingerprint density at radius 3 is 2.87 bits per heavy atom. The van der Waals surface area contributed by atoms with Crippen molar-refractivity contribution in [3.05, 3.63) is 23.6 Å². The second-order valence-corrected chi connectivity index (χ2v) is 2.76. The number of halogens is 1. The minimum absolute atomic E-state index is 0.0350. The first-order valence-corrected chi connectivity index (χ1v) is 4.52. The van der Waals surface area contributed by atoms with E-state index in [0.717, 1.165) is 0 Å². The van der Waals surface area contributed by atoms with E-state index in [2.05, 4.69) is 9.72 Å². The van der Waals surface area contributed by atoms with Gasteiger partial charge < -0.3 is 9.47 Å². The topological polar surface area (TPSA) is 48.4 Å². The molecule has 0 aromatic carbocycles. The first-order chi connectivity index (χ1) is 7.17. The van der Waals surface area contributed by atoms with Gasteiger partial charge in [0.15, 0.2) is 0 Å². The van der Waals surface area contributed by atoms with Crippen molar-refractivity contribution in [2.24, 2.45) is 0 Å². The second kappa shape index (κ2) is 5.29. The van der Waals surface area contributed by atoms with E-state index in [9.17, 15) is 9.18 Å². The predicted octanol–water partition coefficient (Wildman–Crippen LogP) is 1.33. The molecule has 1 aromatic rings. The summed E-state index contributed by atoms with van der Waals surface area (Å²) >= 11 is 0. The molecule has 1 aromatic heterocycles. The summed E-state index contributed by atoms with van der Waals surface area (Å²) in [5.74, 6) is -0.767. The molecular weight excluding hydrogens is 201 g/mol. The third kappa shape index (κ3) is 3.19. The number of carbonyl (C=O) groups excluding carboxylic acids is 1. The molecule has 1 rings (SSSR count). The van der Waals surface area contributed by atoms with Crippen LogP contribution in [0.2, 0.25) is 0 Å². The molecule has 0 unspecified atom stereocenters. The van der Waals surface area contributed by atoms with Crippen LogP contribution in [-0.2, 0) is 16.0 Å². The summed E-state index contributed by atoms with van der Waals surface area (Å²) in [5, 5.41) is 0. The fourth-order valence-electron chi connectivity index (χ4n) is 1.05. The van der Waals surface area contributed by atoms with Gasteiger partial charge in [0.2, 0.25) is 5.88 Å². The number of pyridine rings is 1. The van der Waals surface area contributed by atoms with Crippen molar-refractivity contribution in [1.29, 1.82) is 0 Å². The molecule has 82 valence electrons. The number of methoxy groups -OCH3 is 1. The average molecular weight is 213 g/mol. The minimum Gasteiger partial charge on any atom is -0.481 e. The van der Waals surface area contributed by atoms with Crippen LogP contribution in [0.1, 0.15) is 12.6 Å². The van der Waals surface area contributed by atoms with Gasteiger partial charge in [0, 0.05) is 6.07 Å². The number of rotatable bonds is 4. The first kappa shape index (κ1) is 11.4. The van der Waals surface area contributed by atoms with E-state index in [1.165, 1.54) is 19.2 Å². The van der Waals surface area contributed by atoms with Gasteiger partial charge in [0.25, 0.3) is 0 Å². The van der Waals surface area contributed by atoms with Crippen molar-refractivity contribution >= 4 is 5.97 Å². The summed E-state index contributed by atoms with van der Waals surface area (Å²) in [7, 11) is 1.42. The van der Waals surface area contributed by atoms with E-state index < -0.39 is 11.8 Å². The van der Waals surface area contributed by atoms with Crippen LogP contribution in [0, 0.1) is 5.82 Å². The lowest BCUT2D eigenvalue weighted by molar-refractivity contribution is -0.142. The van der Waals surface area contributed by atoms with E-state index in [1.807, 2.05) is 0 Å². The molecule has 0 aliphatic heterocycles. The third-order valence-corrected chi connectivity index (χ3v) is 1.72. The van der Waals surface area contributed by atoms with Gasteiger partial charge in [0.1, 0.15) is 5.82 Å². The minimum atomic E-state index is -0.538. The molecule has 0 radical (unpaired) electrons. The van der Waals surface area contributed by atoms with Gasteiger partial charge in [-0.2, -0.15) is 0 Å².